The number of halogens is 2. The fourth-order valence-corrected chi connectivity index (χ4v) is 5.48. The summed E-state index contributed by atoms with van der Waals surface area (Å²) in [6.45, 7) is 10.4. The van der Waals surface area contributed by atoms with E-state index in [1.165, 1.54) is 17.0 Å². The molecule has 2 aromatic heterocycles. The lowest BCUT2D eigenvalue weighted by Crippen LogP contribution is -2.55. The smallest absolute Gasteiger partial charge is 0.246 e. The van der Waals surface area contributed by atoms with Crippen molar-refractivity contribution in [2.24, 2.45) is 4.99 Å². The average Bonchev–Trinajstić information content (AvgIpc) is 2.99. The lowest BCUT2D eigenvalue weighted by molar-refractivity contribution is -0.128. The van der Waals surface area contributed by atoms with Crippen LogP contribution in [0.1, 0.15) is 43.5 Å². The van der Waals surface area contributed by atoms with Gasteiger partial charge in [0.1, 0.15) is 11.7 Å². The number of piperazine rings is 1. The summed E-state index contributed by atoms with van der Waals surface area (Å²) in [5.74, 6) is -0.146. The standard InChI is InChI=1S/C31H34ClFN6O3/c1-6-26(42)37-13-14-38(20(4)16-37)30(34-5)23-15-24(32)28(22-9-7-8-10-25(22)33)36-31(23)39(18-41)29-21(17-40)11-12-35-27(29)19(2)3/h6-12,15,18-20,40H,1,13-14,16-17H2,2-5H3/b34-30+. The number of amides is 2. The van der Waals surface area contributed by atoms with Crippen molar-refractivity contribution >= 4 is 41.3 Å². The van der Waals surface area contributed by atoms with Crippen molar-refractivity contribution in [3.8, 4) is 11.3 Å². The molecule has 4 rings (SSSR count). The van der Waals surface area contributed by atoms with Gasteiger partial charge in [-0.15, -0.1) is 0 Å². The van der Waals surface area contributed by atoms with Crippen molar-refractivity contribution in [1.29, 1.82) is 0 Å². The molecule has 1 saturated heterocycles. The van der Waals surface area contributed by atoms with Crippen molar-refractivity contribution < 1.29 is 19.1 Å². The minimum atomic E-state index is -0.524. The number of hydrogen-bond donors (Lipinski definition) is 1. The molecule has 0 radical (unpaired) electrons. The molecule has 11 heteroatoms. The lowest BCUT2D eigenvalue weighted by atomic mass is 10.0. The van der Waals surface area contributed by atoms with E-state index >= 15 is 0 Å². The summed E-state index contributed by atoms with van der Waals surface area (Å²) in [5, 5.41) is 10.4. The zero-order valence-corrected chi connectivity index (χ0v) is 24.8. The van der Waals surface area contributed by atoms with E-state index in [0.29, 0.717) is 54.4 Å². The molecule has 0 bridgehead atoms. The maximum Gasteiger partial charge on any atom is 0.246 e. The van der Waals surface area contributed by atoms with Gasteiger partial charge in [-0.1, -0.05) is 44.2 Å². The maximum atomic E-state index is 15.0. The van der Waals surface area contributed by atoms with Crippen LogP contribution in [-0.2, 0) is 16.2 Å². The topological polar surface area (TPSA) is 102 Å². The molecule has 1 aromatic carbocycles. The van der Waals surface area contributed by atoms with E-state index in [-0.39, 0.29) is 46.6 Å². The second kappa shape index (κ2) is 13.2. The van der Waals surface area contributed by atoms with Crippen LogP contribution in [0.15, 0.2) is 60.2 Å². The summed E-state index contributed by atoms with van der Waals surface area (Å²) in [4.78, 5) is 44.2. The summed E-state index contributed by atoms with van der Waals surface area (Å²) >= 11 is 6.78. The van der Waals surface area contributed by atoms with Gasteiger partial charge in [-0.25, -0.2) is 9.37 Å². The molecule has 0 spiro atoms. The molecular weight excluding hydrogens is 559 g/mol. The highest BCUT2D eigenvalue weighted by Crippen LogP contribution is 2.39. The van der Waals surface area contributed by atoms with E-state index in [1.54, 1.807) is 48.5 Å². The average molecular weight is 593 g/mol. The number of aliphatic hydroxyl groups is 1. The number of nitrogens with zero attached hydrogens (tertiary/aromatic N) is 6. The van der Waals surface area contributed by atoms with Crippen molar-refractivity contribution in [3.63, 3.8) is 0 Å². The number of anilines is 2. The normalized spacial score (nSPS) is 15.6. The molecule has 3 aromatic rings. The van der Waals surface area contributed by atoms with Crippen molar-refractivity contribution in [1.82, 2.24) is 19.8 Å². The predicted octanol–water partition coefficient (Wildman–Crippen LogP) is 4.94. The molecule has 1 aliphatic heterocycles. The SMILES string of the molecule is C=CC(=O)N1CCN(/C(=N/C)c2cc(Cl)c(-c3ccccc3F)nc2N(C=O)c2c(CO)ccnc2C(C)C)C(C)C1. The van der Waals surface area contributed by atoms with Crippen molar-refractivity contribution in [2.75, 3.05) is 31.6 Å². The van der Waals surface area contributed by atoms with Crippen LogP contribution < -0.4 is 4.90 Å². The van der Waals surface area contributed by atoms with Crippen LogP contribution in [0.25, 0.3) is 11.3 Å². The molecule has 220 valence electrons. The van der Waals surface area contributed by atoms with Crippen LogP contribution in [0.3, 0.4) is 0 Å². The van der Waals surface area contributed by atoms with Crippen LogP contribution in [0.5, 0.6) is 0 Å². The van der Waals surface area contributed by atoms with Crippen LogP contribution in [-0.4, -0.2) is 75.8 Å². The van der Waals surface area contributed by atoms with Gasteiger partial charge >= 0.3 is 0 Å². The first kappa shape index (κ1) is 30.8. The van der Waals surface area contributed by atoms with Crippen molar-refractivity contribution in [2.45, 2.75) is 39.3 Å². The third-order valence-corrected chi connectivity index (χ3v) is 7.54. The number of hydrogen-bond acceptors (Lipinski definition) is 6. The number of amidine groups is 1. The Morgan fingerprint density at radius 1 is 1.31 bits per heavy atom. The van der Waals surface area contributed by atoms with Crippen LogP contribution in [0.2, 0.25) is 5.02 Å². The van der Waals surface area contributed by atoms with Gasteiger partial charge in [0.05, 0.1) is 34.3 Å². The molecule has 2 amide bonds. The van der Waals surface area contributed by atoms with E-state index in [1.807, 2.05) is 25.7 Å². The zero-order chi connectivity index (χ0) is 30.6. The number of benzene rings is 1. The van der Waals surface area contributed by atoms with E-state index in [9.17, 15) is 19.1 Å². The molecule has 1 atom stereocenters. The fraction of sp³-hybridized carbons (Fsp3) is 0.323. The number of aliphatic imine (C=N–C) groups is 1. The lowest BCUT2D eigenvalue weighted by Gasteiger charge is -2.41. The Kier molecular flexibility index (Phi) is 9.70. The third kappa shape index (κ3) is 5.91. The fourth-order valence-electron chi connectivity index (χ4n) is 5.22. The number of rotatable bonds is 8. The zero-order valence-electron chi connectivity index (χ0n) is 24.1. The van der Waals surface area contributed by atoms with Gasteiger partial charge in [-0.05, 0) is 43.2 Å². The molecule has 3 heterocycles. The van der Waals surface area contributed by atoms with Gasteiger partial charge in [-0.3, -0.25) is 24.5 Å². The Morgan fingerprint density at radius 2 is 2.05 bits per heavy atom. The Bertz CT molecular complexity index is 1530. The highest BCUT2D eigenvalue weighted by atomic mass is 35.5. The monoisotopic (exact) mass is 592 g/mol. The summed E-state index contributed by atoms with van der Waals surface area (Å²) in [6.07, 6.45) is 3.48. The number of pyridine rings is 2. The number of aromatic nitrogens is 2. The molecule has 9 nitrogen and oxygen atoms in total. The van der Waals surface area contributed by atoms with E-state index in [0.717, 1.165) is 0 Å². The molecule has 0 aliphatic carbocycles. The quantitative estimate of drug-likeness (QED) is 0.172. The summed E-state index contributed by atoms with van der Waals surface area (Å²) in [5.41, 5.74) is 2.15. The second-order valence-corrected chi connectivity index (χ2v) is 10.6. The highest BCUT2D eigenvalue weighted by Gasteiger charge is 2.33. The van der Waals surface area contributed by atoms with Gasteiger partial charge in [0, 0.05) is 50.0 Å². The highest BCUT2D eigenvalue weighted by molar-refractivity contribution is 6.33. The van der Waals surface area contributed by atoms with E-state index < -0.39 is 5.82 Å². The van der Waals surface area contributed by atoms with E-state index in [4.69, 9.17) is 16.6 Å². The molecule has 0 saturated carbocycles. The van der Waals surface area contributed by atoms with Gasteiger partial charge in [0.2, 0.25) is 12.3 Å². The number of carbonyl (C=O) groups excluding carboxylic acids is 2. The summed E-state index contributed by atoms with van der Waals surface area (Å²) in [6, 6.07) is 9.23. The molecule has 1 unspecified atom stereocenters. The van der Waals surface area contributed by atoms with Gasteiger partial charge in [-0.2, -0.15) is 0 Å². The second-order valence-electron chi connectivity index (χ2n) is 10.2. The van der Waals surface area contributed by atoms with E-state index in [2.05, 4.69) is 16.6 Å². The first-order valence-corrected chi connectivity index (χ1v) is 14.0. The first-order chi connectivity index (χ1) is 20.2. The molecule has 1 N–H and O–H groups in total. The predicted molar refractivity (Wildman–Crippen MR) is 162 cm³/mol. The largest absolute Gasteiger partial charge is 0.392 e. The summed E-state index contributed by atoms with van der Waals surface area (Å²) in [7, 11) is 1.62. The first-order valence-electron chi connectivity index (χ1n) is 13.6. The van der Waals surface area contributed by atoms with Gasteiger partial charge in [0.15, 0.2) is 5.82 Å². The van der Waals surface area contributed by atoms with Crippen LogP contribution in [0, 0.1) is 5.82 Å². The van der Waals surface area contributed by atoms with Gasteiger partial charge < -0.3 is 14.9 Å². The van der Waals surface area contributed by atoms with Crippen LogP contribution in [0.4, 0.5) is 15.9 Å². The Balaban J connectivity index is 1.97. The molecule has 1 fully saturated rings. The van der Waals surface area contributed by atoms with Crippen molar-refractivity contribution in [3.05, 3.63) is 82.9 Å². The van der Waals surface area contributed by atoms with Gasteiger partial charge in [0.25, 0.3) is 0 Å². The Morgan fingerprint density at radius 3 is 2.64 bits per heavy atom. The maximum absolute atomic E-state index is 15.0. The Labute approximate surface area is 250 Å². The summed E-state index contributed by atoms with van der Waals surface area (Å²) < 4.78 is 15.0. The Hall–Kier alpha value is -4.15. The third-order valence-electron chi connectivity index (χ3n) is 7.25. The van der Waals surface area contributed by atoms with Crippen LogP contribution >= 0.6 is 11.6 Å². The number of carbonyl (C=O) groups is 2. The number of aliphatic hydroxyl groups excluding tert-OH is 1. The molecular formula is C31H34ClFN6O3. The molecule has 1 aliphatic rings. The minimum absolute atomic E-state index is 0.106. The molecule has 42 heavy (non-hydrogen) atoms. The minimum Gasteiger partial charge on any atom is -0.392 e.